The fourth-order valence-electron chi connectivity index (χ4n) is 6.02. The number of fused-ring (bicyclic) bond motifs is 1. The molecule has 2 unspecified atom stereocenters. The largest absolute Gasteiger partial charge is 0.379 e. The Hall–Kier alpha value is -0.440. The first kappa shape index (κ1) is 21.3. The average molecular weight is 392 g/mol. The van der Waals surface area contributed by atoms with Gasteiger partial charge in [0.15, 0.2) is 0 Å². The number of Topliss-reactive ketones (excluding diaryl/α,β-unsaturated/α-hetero) is 1. The van der Waals surface area contributed by atoms with E-state index in [0.29, 0.717) is 11.7 Å². The topological polar surface area (TPSA) is 29.1 Å². The molecule has 0 aromatic carbocycles. The molecule has 0 amide bonds. The van der Waals surface area contributed by atoms with Gasteiger partial charge in [0.1, 0.15) is 5.78 Å². The van der Waals surface area contributed by atoms with Gasteiger partial charge in [-0.1, -0.05) is 70.0 Å². The van der Waals surface area contributed by atoms with Crippen molar-refractivity contribution in [3.05, 3.63) is 0 Å². The highest BCUT2D eigenvalue weighted by Gasteiger charge is 2.37. The van der Waals surface area contributed by atoms with E-state index in [2.05, 4.69) is 5.32 Å². The number of thiocarbonyl (C=S) groups is 1. The Morgan fingerprint density at radius 1 is 0.778 bits per heavy atom. The van der Waals surface area contributed by atoms with Gasteiger partial charge in [-0.3, -0.25) is 4.79 Å². The molecule has 0 aromatic rings. The molecule has 3 aliphatic carbocycles. The third kappa shape index (κ3) is 6.84. The third-order valence-corrected chi connectivity index (χ3v) is 7.98. The zero-order chi connectivity index (χ0) is 18.9. The predicted octanol–water partition coefficient (Wildman–Crippen LogP) is 6.61. The molecule has 3 heteroatoms. The molecular weight excluding hydrogens is 350 g/mol. The summed E-state index contributed by atoms with van der Waals surface area (Å²) in [6, 6.07) is 0. The lowest BCUT2D eigenvalue weighted by Gasteiger charge is -2.40. The van der Waals surface area contributed by atoms with Crippen LogP contribution in [-0.2, 0) is 4.79 Å². The molecule has 0 bridgehead atoms. The number of unbranched alkanes of at least 4 members (excludes halogenated alkanes) is 2. The molecule has 0 radical (unpaired) electrons. The molecule has 3 fully saturated rings. The Balaban J connectivity index is 1.25. The standard InChI is InChI=1S/C24H41NOS/c26-23(22-15-9-13-20-12-7-8-14-21(20)22)16-5-2-6-17-24(27)25-18-19-10-3-1-4-11-19/h19-22H,1-18H2,(H,25,27)/t20?,21-,22?/m0/s1. The van der Waals surface area contributed by atoms with Crippen LogP contribution in [0.1, 0.15) is 109 Å². The lowest BCUT2D eigenvalue weighted by atomic mass is 9.64. The summed E-state index contributed by atoms with van der Waals surface area (Å²) in [7, 11) is 0. The van der Waals surface area contributed by atoms with Gasteiger partial charge < -0.3 is 5.32 Å². The number of rotatable bonds is 9. The molecule has 0 heterocycles. The predicted molar refractivity (Wildman–Crippen MR) is 118 cm³/mol. The lowest BCUT2D eigenvalue weighted by molar-refractivity contribution is -0.127. The SMILES string of the molecule is O=C(CCCCCC(=S)NCC1CCCCC1)C1CCCC2CCCC[C@@H]21. The Morgan fingerprint density at radius 2 is 1.48 bits per heavy atom. The van der Waals surface area contributed by atoms with Crippen molar-refractivity contribution in [2.24, 2.45) is 23.7 Å². The molecule has 2 nitrogen and oxygen atoms in total. The maximum absolute atomic E-state index is 12.8. The molecule has 27 heavy (non-hydrogen) atoms. The van der Waals surface area contributed by atoms with E-state index in [0.717, 1.165) is 61.4 Å². The Labute approximate surface area is 172 Å². The second-order valence-electron chi connectivity index (χ2n) is 9.58. The first-order valence-electron chi connectivity index (χ1n) is 12.0. The van der Waals surface area contributed by atoms with Crippen molar-refractivity contribution in [3.8, 4) is 0 Å². The molecule has 3 saturated carbocycles. The maximum atomic E-state index is 12.8. The molecule has 3 rings (SSSR count). The normalized spacial score (nSPS) is 29.1. The van der Waals surface area contributed by atoms with Crippen LogP contribution in [0, 0.1) is 23.7 Å². The van der Waals surface area contributed by atoms with Crippen molar-refractivity contribution in [2.45, 2.75) is 109 Å². The Bertz CT molecular complexity index is 469. The van der Waals surface area contributed by atoms with Crippen LogP contribution < -0.4 is 5.32 Å². The second kappa shape index (κ2) is 11.5. The van der Waals surface area contributed by atoms with Crippen LogP contribution in [0.3, 0.4) is 0 Å². The van der Waals surface area contributed by atoms with E-state index in [1.807, 2.05) is 0 Å². The second-order valence-corrected chi connectivity index (χ2v) is 10.1. The van der Waals surface area contributed by atoms with E-state index in [9.17, 15) is 4.79 Å². The molecule has 0 saturated heterocycles. The number of nitrogens with one attached hydrogen (secondary N) is 1. The van der Waals surface area contributed by atoms with Crippen molar-refractivity contribution < 1.29 is 4.79 Å². The van der Waals surface area contributed by atoms with Gasteiger partial charge in [-0.2, -0.15) is 0 Å². The first-order chi connectivity index (χ1) is 13.2. The van der Waals surface area contributed by atoms with Crippen molar-refractivity contribution in [1.82, 2.24) is 5.32 Å². The number of ketones is 1. The molecule has 0 aliphatic heterocycles. The molecule has 0 aromatic heterocycles. The lowest BCUT2D eigenvalue weighted by Crippen LogP contribution is -2.35. The molecule has 1 N–H and O–H groups in total. The Morgan fingerprint density at radius 3 is 2.33 bits per heavy atom. The first-order valence-corrected chi connectivity index (χ1v) is 12.4. The van der Waals surface area contributed by atoms with Gasteiger partial charge in [0.25, 0.3) is 0 Å². The Kier molecular flexibility index (Phi) is 9.09. The molecule has 3 aliphatic rings. The van der Waals surface area contributed by atoms with Gasteiger partial charge in [0, 0.05) is 18.9 Å². The van der Waals surface area contributed by atoms with Crippen LogP contribution in [0.5, 0.6) is 0 Å². The minimum atomic E-state index is 0.405. The van der Waals surface area contributed by atoms with Gasteiger partial charge in [-0.15, -0.1) is 0 Å². The summed E-state index contributed by atoms with van der Waals surface area (Å²) in [5.41, 5.74) is 0. The van der Waals surface area contributed by atoms with Crippen LogP contribution in [0.4, 0.5) is 0 Å². The summed E-state index contributed by atoms with van der Waals surface area (Å²) in [5, 5.41) is 3.50. The highest BCUT2D eigenvalue weighted by atomic mass is 32.1. The zero-order valence-electron chi connectivity index (χ0n) is 17.4. The molecule has 3 atom stereocenters. The van der Waals surface area contributed by atoms with Crippen molar-refractivity contribution in [2.75, 3.05) is 6.54 Å². The smallest absolute Gasteiger partial charge is 0.136 e. The third-order valence-electron chi connectivity index (χ3n) is 7.63. The van der Waals surface area contributed by atoms with E-state index in [1.54, 1.807) is 0 Å². The zero-order valence-corrected chi connectivity index (χ0v) is 18.2. The van der Waals surface area contributed by atoms with Crippen LogP contribution in [0.15, 0.2) is 0 Å². The van der Waals surface area contributed by atoms with Gasteiger partial charge in [-0.25, -0.2) is 0 Å². The summed E-state index contributed by atoms with van der Waals surface area (Å²) in [6.07, 6.45) is 21.5. The molecular formula is C24H41NOS. The van der Waals surface area contributed by atoms with Gasteiger partial charge >= 0.3 is 0 Å². The number of hydrogen-bond acceptors (Lipinski definition) is 2. The van der Waals surface area contributed by atoms with Crippen LogP contribution in [-0.4, -0.2) is 17.3 Å². The van der Waals surface area contributed by atoms with Crippen LogP contribution >= 0.6 is 12.2 Å². The maximum Gasteiger partial charge on any atom is 0.136 e. The van der Waals surface area contributed by atoms with E-state index < -0.39 is 0 Å². The van der Waals surface area contributed by atoms with Crippen molar-refractivity contribution >= 4 is 23.0 Å². The highest BCUT2D eigenvalue weighted by molar-refractivity contribution is 7.80. The van der Waals surface area contributed by atoms with E-state index in [-0.39, 0.29) is 0 Å². The number of carbonyl (C=O) groups excluding carboxylic acids is 1. The monoisotopic (exact) mass is 391 g/mol. The molecule has 0 spiro atoms. The van der Waals surface area contributed by atoms with Crippen LogP contribution in [0.25, 0.3) is 0 Å². The minimum absolute atomic E-state index is 0.405. The van der Waals surface area contributed by atoms with Crippen LogP contribution in [0.2, 0.25) is 0 Å². The number of carbonyl (C=O) groups is 1. The van der Waals surface area contributed by atoms with Crippen molar-refractivity contribution in [1.29, 1.82) is 0 Å². The average Bonchev–Trinajstić information content (AvgIpc) is 2.72. The van der Waals surface area contributed by atoms with E-state index in [4.69, 9.17) is 12.2 Å². The summed E-state index contributed by atoms with van der Waals surface area (Å²) in [4.78, 5) is 13.8. The summed E-state index contributed by atoms with van der Waals surface area (Å²) in [5.74, 6) is 3.44. The summed E-state index contributed by atoms with van der Waals surface area (Å²) in [6.45, 7) is 1.08. The minimum Gasteiger partial charge on any atom is -0.379 e. The van der Waals surface area contributed by atoms with E-state index >= 15 is 0 Å². The fraction of sp³-hybridized carbons (Fsp3) is 0.917. The summed E-state index contributed by atoms with van der Waals surface area (Å²) >= 11 is 5.51. The quantitative estimate of drug-likeness (QED) is 0.354. The highest BCUT2D eigenvalue weighted by Crippen LogP contribution is 2.44. The van der Waals surface area contributed by atoms with Gasteiger partial charge in [0.2, 0.25) is 0 Å². The van der Waals surface area contributed by atoms with E-state index in [1.165, 1.54) is 77.0 Å². The van der Waals surface area contributed by atoms with Gasteiger partial charge in [-0.05, 0) is 62.7 Å². The summed E-state index contributed by atoms with van der Waals surface area (Å²) < 4.78 is 0. The van der Waals surface area contributed by atoms with Crippen molar-refractivity contribution in [3.63, 3.8) is 0 Å². The van der Waals surface area contributed by atoms with Gasteiger partial charge in [0.05, 0.1) is 4.99 Å². The fourth-order valence-corrected chi connectivity index (χ4v) is 6.25. The molecule has 154 valence electrons. The number of hydrogen-bond donors (Lipinski definition) is 1.